The second-order valence-corrected chi connectivity index (χ2v) is 3.61. The van der Waals surface area contributed by atoms with Gasteiger partial charge in [0.2, 0.25) is 0 Å². The average molecular weight is 216 g/mol. The fourth-order valence-electron chi connectivity index (χ4n) is 1.69. The van der Waals surface area contributed by atoms with Crippen LogP contribution >= 0.6 is 0 Å². The van der Waals surface area contributed by atoms with E-state index in [2.05, 4.69) is 0 Å². The van der Waals surface area contributed by atoms with Gasteiger partial charge in [-0.15, -0.1) is 0 Å². The zero-order valence-electron chi connectivity index (χ0n) is 8.93. The van der Waals surface area contributed by atoms with Crippen LogP contribution in [0.4, 0.5) is 0 Å². The lowest BCUT2D eigenvalue weighted by atomic mass is 10.1. The maximum atomic E-state index is 10.5. The second kappa shape index (κ2) is 4.23. The third kappa shape index (κ3) is 1.98. The van der Waals surface area contributed by atoms with E-state index in [-0.39, 0.29) is 6.61 Å². The van der Waals surface area contributed by atoms with Gasteiger partial charge >= 0.3 is 5.97 Å². The summed E-state index contributed by atoms with van der Waals surface area (Å²) in [7, 11) is 0. The number of fused-ring (bicyclic) bond motifs is 1. The molecule has 82 valence electrons. The van der Waals surface area contributed by atoms with E-state index in [4.69, 9.17) is 9.84 Å². The van der Waals surface area contributed by atoms with Crippen LogP contribution in [0.1, 0.15) is 5.56 Å². The summed E-state index contributed by atoms with van der Waals surface area (Å²) in [5.41, 5.74) is 1.15. The van der Waals surface area contributed by atoms with Crippen molar-refractivity contribution in [2.75, 3.05) is 6.61 Å². The molecule has 0 saturated carbocycles. The largest absolute Gasteiger partial charge is 0.481 e. The van der Waals surface area contributed by atoms with E-state index < -0.39 is 5.97 Å². The van der Waals surface area contributed by atoms with E-state index in [0.29, 0.717) is 5.75 Å². The summed E-state index contributed by atoms with van der Waals surface area (Å²) in [5.74, 6) is -0.353. The Morgan fingerprint density at radius 2 is 1.88 bits per heavy atom. The lowest BCUT2D eigenvalue weighted by molar-refractivity contribution is -0.139. The van der Waals surface area contributed by atoms with Crippen molar-refractivity contribution >= 4 is 16.7 Å². The van der Waals surface area contributed by atoms with Crippen molar-refractivity contribution in [1.29, 1.82) is 0 Å². The van der Waals surface area contributed by atoms with Crippen molar-refractivity contribution in [2.24, 2.45) is 0 Å². The number of carboxylic acids is 1. The summed E-state index contributed by atoms with van der Waals surface area (Å²) in [6, 6.07) is 11.5. The number of ether oxygens (including phenoxy) is 1. The highest BCUT2D eigenvalue weighted by molar-refractivity contribution is 5.91. The van der Waals surface area contributed by atoms with Gasteiger partial charge in [0.25, 0.3) is 0 Å². The minimum atomic E-state index is -0.968. The normalized spacial score (nSPS) is 10.3. The first-order valence-corrected chi connectivity index (χ1v) is 5.01. The van der Waals surface area contributed by atoms with Gasteiger partial charge in [0.05, 0.1) is 0 Å². The quantitative estimate of drug-likeness (QED) is 0.857. The van der Waals surface area contributed by atoms with E-state index in [1.807, 2.05) is 37.3 Å². The zero-order valence-corrected chi connectivity index (χ0v) is 8.93. The molecule has 3 nitrogen and oxygen atoms in total. The van der Waals surface area contributed by atoms with Crippen molar-refractivity contribution in [3.05, 3.63) is 42.0 Å². The number of hydrogen-bond acceptors (Lipinski definition) is 2. The van der Waals surface area contributed by atoms with Gasteiger partial charge in [-0.05, 0) is 23.9 Å². The average Bonchev–Trinajstić information content (AvgIpc) is 2.28. The molecule has 1 N–H and O–H groups in total. The number of aliphatic carboxylic acids is 1. The molecular weight excluding hydrogens is 204 g/mol. The third-order valence-corrected chi connectivity index (χ3v) is 2.45. The highest BCUT2D eigenvalue weighted by atomic mass is 16.5. The van der Waals surface area contributed by atoms with Crippen LogP contribution in [0.25, 0.3) is 10.8 Å². The molecule has 0 atom stereocenters. The molecule has 0 bridgehead atoms. The van der Waals surface area contributed by atoms with Crippen LogP contribution in [0.15, 0.2) is 36.4 Å². The summed E-state index contributed by atoms with van der Waals surface area (Å²) >= 11 is 0. The molecule has 0 unspecified atom stereocenters. The Morgan fingerprint density at radius 3 is 2.56 bits per heavy atom. The number of carboxylic acid groups (broad SMARTS) is 1. The molecule has 2 aromatic rings. The Kier molecular flexibility index (Phi) is 2.77. The Balaban J connectivity index is 2.46. The number of hydrogen-bond donors (Lipinski definition) is 1. The Hall–Kier alpha value is -2.03. The van der Waals surface area contributed by atoms with Gasteiger partial charge in [0, 0.05) is 5.39 Å². The van der Waals surface area contributed by atoms with Gasteiger partial charge in [-0.3, -0.25) is 0 Å². The minimum absolute atomic E-state index is 0.312. The zero-order chi connectivity index (χ0) is 11.5. The van der Waals surface area contributed by atoms with Crippen molar-refractivity contribution < 1.29 is 14.6 Å². The topological polar surface area (TPSA) is 46.5 Å². The number of carbonyl (C=O) groups is 1. The smallest absolute Gasteiger partial charge is 0.341 e. The number of aryl methyl sites for hydroxylation is 1. The maximum absolute atomic E-state index is 10.5. The molecule has 16 heavy (non-hydrogen) atoms. The molecule has 0 fully saturated rings. The molecule has 2 rings (SSSR count). The van der Waals surface area contributed by atoms with Crippen molar-refractivity contribution in [2.45, 2.75) is 6.92 Å². The number of benzene rings is 2. The van der Waals surface area contributed by atoms with E-state index in [0.717, 1.165) is 16.3 Å². The van der Waals surface area contributed by atoms with E-state index >= 15 is 0 Å². The molecule has 0 amide bonds. The van der Waals surface area contributed by atoms with Gasteiger partial charge in [-0.25, -0.2) is 4.79 Å². The molecule has 0 radical (unpaired) electrons. The molecule has 0 saturated heterocycles. The Morgan fingerprint density at radius 1 is 1.19 bits per heavy atom. The first kappa shape index (κ1) is 10.5. The highest BCUT2D eigenvalue weighted by Crippen LogP contribution is 2.27. The lowest BCUT2D eigenvalue weighted by Crippen LogP contribution is -2.09. The van der Waals surface area contributed by atoms with Crippen molar-refractivity contribution in [1.82, 2.24) is 0 Å². The maximum Gasteiger partial charge on any atom is 0.341 e. The van der Waals surface area contributed by atoms with E-state index in [1.54, 1.807) is 6.07 Å². The number of rotatable bonds is 3. The molecule has 0 spiro atoms. The molecule has 0 aromatic heterocycles. The van der Waals surface area contributed by atoms with Crippen molar-refractivity contribution in [3.63, 3.8) is 0 Å². The summed E-state index contributed by atoms with van der Waals surface area (Å²) < 4.78 is 5.24. The minimum Gasteiger partial charge on any atom is -0.481 e. The Labute approximate surface area is 93.3 Å². The SMILES string of the molecule is Cc1ccc(OCC(=O)O)c2ccccc12. The van der Waals surface area contributed by atoms with Crippen LogP contribution in [0.5, 0.6) is 5.75 Å². The monoisotopic (exact) mass is 216 g/mol. The summed E-state index contributed by atoms with van der Waals surface area (Å²) in [6.07, 6.45) is 0. The van der Waals surface area contributed by atoms with Crippen LogP contribution in [-0.4, -0.2) is 17.7 Å². The fourth-order valence-corrected chi connectivity index (χ4v) is 1.69. The van der Waals surface area contributed by atoms with Crippen LogP contribution in [0, 0.1) is 6.92 Å². The van der Waals surface area contributed by atoms with Crippen LogP contribution in [0.3, 0.4) is 0 Å². The molecule has 3 heteroatoms. The van der Waals surface area contributed by atoms with E-state index in [1.165, 1.54) is 0 Å². The molecule has 2 aromatic carbocycles. The molecule has 0 aliphatic carbocycles. The van der Waals surface area contributed by atoms with Gasteiger partial charge in [0.1, 0.15) is 5.75 Å². The second-order valence-electron chi connectivity index (χ2n) is 3.61. The summed E-state index contributed by atoms with van der Waals surface area (Å²) in [6.45, 7) is 1.70. The first-order valence-electron chi connectivity index (χ1n) is 5.01. The standard InChI is InChI=1S/C13H12O3/c1-9-6-7-12(16-8-13(14)15)11-5-3-2-4-10(9)11/h2-7H,8H2,1H3,(H,14,15). The van der Waals surface area contributed by atoms with Gasteiger partial charge in [0.15, 0.2) is 6.61 Å². The highest BCUT2D eigenvalue weighted by Gasteiger charge is 2.05. The predicted octanol–water partition coefficient (Wildman–Crippen LogP) is 2.61. The molecule has 0 heterocycles. The van der Waals surface area contributed by atoms with Crippen LogP contribution in [-0.2, 0) is 4.79 Å². The lowest BCUT2D eigenvalue weighted by Gasteiger charge is -2.09. The predicted molar refractivity (Wildman–Crippen MR) is 61.8 cm³/mol. The third-order valence-electron chi connectivity index (χ3n) is 2.45. The summed E-state index contributed by atoms with van der Waals surface area (Å²) in [5, 5.41) is 10.6. The van der Waals surface area contributed by atoms with Gasteiger partial charge in [-0.1, -0.05) is 30.3 Å². The van der Waals surface area contributed by atoms with Crippen LogP contribution < -0.4 is 4.74 Å². The van der Waals surface area contributed by atoms with Gasteiger partial charge in [-0.2, -0.15) is 0 Å². The summed E-state index contributed by atoms with van der Waals surface area (Å²) in [4.78, 5) is 10.5. The Bertz CT molecular complexity index is 532. The van der Waals surface area contributed by atoms with Gasteiger partial charge < -0.3 is 9.84 Å². The molecule has 0 aliphatic rings. The first-order chi connectivity index (χ1) is 7.68. The molecule has 0 aliphatic heterocycles. The van der Waals surface area contributed by atoms with Crippen molar-refractivity contribution in [3.8, 4) is 5.75 Å². The van der Waals surface area contributed by atoms with E-state index in [9.17, 15) is 4.79 Å². The van der Waals surface area contributed by atoms with Crippen LogP contribution in [0.2, 0.25) is 0 Å². The fraction of sp³-hybridized carbons (Fsp3) is 0.154. The molecular formula is C13H12O3.